The second-order valence-electron chi connectivity index (χ2n) is 2.68. The van der Waals surface area contributed by atoms with Crippen molar-refractivity contribution in [3.63, 3.8) is 0 Å². The van der Waals surface area contributed by atoms with E-state index in [0.717, 1.165) is 0 Å². The minimum Gasteiger partial charge on any atom is -0.253 e. The molecule has 0 aliphatic carbocycles. The highest BCUT2D eigenvalue weighted by molar-refractivity contribution is 6.48. The first-order valence-electron chi connectivity index (χ1n) is 3.69. The van der Waals surface area contributed by atoms with E-state index in [0.29, 0.717) is 31.0 Å². The SMILES string of the molecule is Clc1cnc2c(Cl)c(Cl)ccc2c1Cl. The third kappa shape index (κ3) is 1.55. The van der Waals surface area contributed by atoms with Gasteiger partial charge in [0.05, 0.1) is 25.6 Å². The van der Waals surface area contributed by atoms with Crippen LogP contribution in [0.2, 0.25) is 20.1 Å². The zero-order chi connectivity index (χ0) is 10.3. The van der Waals surface area contributed by atoms with Crippen molar-refractivity contribution in [2.24, 2.45) is 0 Å². The number of rotatable bonds is 0. The van der Waals surface area contributed by atoms with E-state index < -0.39 is 0 Å². The molecule has 0 bridgehead atoms. The molecule has 0 aliphatic heterocycles. The topological polar surface area (TPSA) is 12.9 Å². The predicted molar refractivity (Wildman–Crippen MR) is 61.8 cm³/mol. The molecule has 1 aromatic heterocycles. The molecule has 0 spiro atoms. The number of halogens is 4. The van der Waals surface area contributed by atoms with Crippen LogP contribution in [0.5, 0.6) is 0 Å². The van der Waals surface area contributed by atoms with Crippen LogP contribution in [0.3, 0.4) is 0 Å². The molecule has 0 fully saturated rings. The molecule has 1 heterocycles. The normalized spacial score (nSPS) is 10.9. The van der Waals surface area contributed by atoms with E-state index in [1.165, 1.54) is 6.20 Å². The third-order valence-corrected chi connectivity index (χ3v) is 3.41. The molecule has 0 atom stereocenters. The molecular formula is C9H3Cl4N. The van der Waals surface area contributed by atoms with E-state index in [4.69, 9.17) is 46.4 Å². The number of fused-ring (bicyclic) bond motifs is 1. The molecule has 1 nitrogen and oxygen atoms in total. The van der Waals surface area contributed by atoms with Crippen LogP contribution in [-0.4, -0.2) is 4.98 Å². The number of aromatic nitrogens is 1. The highest BCUT2D eigenvalue weighted by Crippen LogP contribution is 2.35. The molecule has 72 valence electrons. The van der Waals surface area contributed by atoms with Gasteiger partial charge in [-0.05, 0) is 12.1 Å². The Balaban J connectivity index is 2.94. The fourth-order valence-corrected chi connectivity index (χ4v) is 1.87. The first-order chi connectivity index (χ1) is 6.61. The summed E-state index contributed by atoms with van der Waals surface area (Å²) in [6.07, 6.45) is 1.45. The summed E-state index contributed by atoms with van der Waals surface area (Å²) in [7, 11) is 0. The molecule has 0 amide bonds. The van der Waals surface area contributed by atoms with E-state index >= 15 is 0 Å². The van der Waals surface area contributed by atoms with E-state index in [9.17, 15) is 0 Å². The molecule has 14 heavy (non-hydrogen) atoms. The van der Waals surface area contributed by atoms with Crippen LogP contribution in [0.15, 0.2) is 18.3 Å². The highest BCUT2D eigenvalue weighted by atomic mass is 35.5. The van der Waals surface area contributed by atoms with Gasteiger partial charge < -0.3 is 0 Å². The monoisotopic (exact) mass is 265 g/mol. The molecule has 5 heteroatoms. The fraction of sp³-hybridized carbons (Fsp3) is 0. The van der Waals surface area contributed by atoms with Gasteiger partial charge in [0.15, 0.2) is 0 Å². The maximum Gasteiger partial charge on any atom is 0.0919 e. The van der Waals surface area contributed by atoms with E-state index in [2.05, 4.69) is 4.98 Å². The lowest BCUT2D eigenvalue weighted by molar-refractivity contribution is 1.41. The van der Waals surface area contributed by atoms with Crippen molar-refractivity contribution in [2.75, 3.05) is 0 Å². The molecule has 0 saturated carbocycles. The third-order valence-electron chi connectivity index (χ3n) is 1.82. The Bertz CT molecular complexity index is 462. The summed E-state index contributed by atoms with van der Waals surface area (Å²) < 4.78 is 0. The Hall–Kier alpha value is -0.210. The molecule has 1 aromatic carbocycles. The number of hydrogen-bond acceptors (Lipinski definition) is 1. The van der Waals surface area contributed by atoms with Gasteiger partial charge in [-0.1, -0.05) is 46.4 Å². The lowest BCUT2D eigenvalue weighted by Crippen LogP contribution is -1.83. The summed E-state index contributed by atoms with van der Waals surface area (Å²) in [4.78, 5) is 4.07. The molecule has 0 aliphatic rings. The van der Waals surface area contributed by atoms with Gasteiger partial charge in [-0.25, -0.2) is 0 Å². The molecule has 0 N–H and O–H groups in total. The van der Waals surface area contributed by atoms with Crippen molar-refractivity contribution in [1.82, 2.24) is 4.98 Å². The first-order valence-corrected chi connectivity index (χ1v) is 5.20. The first kappa shape index (κ1) is 10.3. The lowest BCUT2D eigenvalue weighted by atomic mass is 10.2. The number of nitrogens with zero attached hydrogens (tertiary/aromatic N) is 1. The van der Waals surface area contributed by atoms with Crippen LogP contribution >= 0.6 is 46.4 Å². The number of pyridine rings is 1. The average molecular weight is 267 g/mol. The van der Waals surface area contributed by atoms with Gasteiger partial charge in [0.25, 0.3) is 0 Å². The Kier molecular flexibility index (Phi) is 2.76. The van der Waals surface area contributed by atoms with E-state index in [1.807, 2.05) is 0 Å². The highest BCUT2D eigenvalue weighted by Gasteiger charge is 2.09. The van der Waals surface area contributed by atoms with Crippen LogP contribution < -0.4 is 0 Å². The van der Waals surface area contributed by atoms with Gasteiger partial charge in [0, 0.05) is 11.6 Å². The Morgan fingerprint density at radius 2 is 1.57 bits per heavy atom. The van der Waals surface area contributed by atoms with Crippen molar-refractivity contribution in [1.29, 1.82) is 0 Å². The van der Waals surface area contributed by atoms with E-state index in [-0.39, 0.29) is 0 Å². The van der Waals surface area contributed by atoms with Gasteiger partial charge in [-0.2, -0.15) is 0 Å². The van der Waals surface area contributed by atoms with Crippen molar-refractivity contribution in [2.45, 2.75) is 0 Å². The molecule has 0 saturated heterocycles. The summed E-state index contributed by atoms with van der Waals surface area (Å²) in [5, 5.41) is 2.38. The summed E-state index contributed by atoms with van der Waals surface area (Å²) in [6.45, 7) is 0. The molecule has 2 rings (SSSR count). The Morgan fingerprint density at radius 1 is 0.857 bits per heavy atom. The van der Waals surface area contributed by atoms with Crippen LogP contribution in [0.4, 0.5) is 0 Å². The van der Waals surface area contributed by atoms with Gasteiger partial charge in [-0.3, -0.25) is 4.98 Å². The zero-order valence-corrected chi connectivity index (χ0v) is 9.71. The maximum absolute atomic E-state index is 5.98. The van der Waals surface area contributed by atoms with Gasteiger partial charge in [0.1, 0.15) is 0 Å². The molecule has 0 unspecified atom stereocenters. The van der Waals surface area contributed by atoms with Gasteiger partial charge in [0.2, 0.25) is 0 Å². The minimum atomic E-state index is 0.391. The summed E-state index contributed by atoms with van der Waals surface area (Å²) in [5.41, 5.74) is 0.563. The van der Waals surface area contributed by atoms with Gasteiger partial charge in [-0.15, -0.1) is 0 Å². The minimum absolute atomic E-state index is 0.391. The van der Waals surface area contributed by atoms with E-state index in [1.54, 1.807) is 12.1 Å². The van der Waals surface area contributed by atoms with Crippen LogP contribution in [0.1, 0.15) is 0 Å². The summed E-state index contributed by atoms with van der Waals surface area (Å²) in [6, 6.07) is 3.40. The van der Waals surface area contributed by atoms with Crippen molar-refractivity contribution < 1.29 is 0 Å². The number of benzene rings is 1. The summed E-state index contributed by atoms with van der Waals surface area (Å²) in [5.74, 6) is 0. The fourth-order valence-electron chi connectivity index (χ4n) is 1.15. The predicted octanol–water partition coefficient (Wildman–Crippen LogP) is 4.85. The van der Waals surface area contributed by atoms with Crippen molar-refractivity contribution in [3.8, 4) is 0 Å². The molecule has 0 radical (unpaired) electrons. The molecule has 2 aromatic rings. The van der Waals surface area contributed by atoms with Crippen molar-refractivity contribution >= 4 is 57.3 Å². The largest absolute Gasteiger partial charge is 0.253 e. The van der Waals surface area contributed by atoms with Gasteiger partial charge >= 0.3 is 0 Å². The lowest BCUT2D eigenvalue weighted by Gasteiger charge is -2.04. The Morgan fingerprint density at radius 3 is 2.29 bits per heavy atom. The van der Waals surface area contributed by atoms with Crippen molar-refractivity contribution in [3.05, 3.63) is 38.4 Å². The maximum atomic E-state index is 5.98. The Labute approximate surface area is 101 Å². The summed E-state index contributed by atoms with van der Waals surface area (Å²) >= 11 is 23.6. The zero-order valence-electron chi connectivity index (χ0n) is 6.69. The number of hydrogen-bond donors (Lipinski definition) is 0. The second-order valence-corrected chi connectivity index (χ2v) is 4.25. The average Bonchev–Trinajstić information content (AvgIpc) is 2.17. The quantitative estimate of drug-likeness (QED) is 0.664. The second kappa shape index (κ2) is 3.74. The van der Waals surface area contributed by atoms with Crippen LogP contribution in [-0.2, 0) is 0 Å². The van der Waals surface area contributed by atoms with Crippen LogP contribution in [0.25, 0.3) is 10.9 Å². The molecular weight excluding hydrogens is 264 g/mol. The van der Waals surface area contributed by atoms with Crippen LogP contribution in [0, 0.1) is 0 Å². The smallest absolute Gasteiger partial charge is 0.0919 e. The standard InChI is InChI=1S/C9H3Cl4N/c10-5-2-1-4-7(12)6(11)3-14-9(4)8(5)13/h1-3H.